The number of carbonyl (C=O) groups excluding carboxylic acids is 5. The minimum Gasteiger partial charge on any atom is -0.394 e. The number of hydrogen-bond acceptors (Lipinski definition) is 8. The summed E-state index contributed by atoms with van der Waals surface area (Å²) in [5.41, 5.74) is 2.31. The zero-order chi connectivity index (χ0) is 28.2. The third-order valence-corrected chi connectivity index (χ3v) is 4.70. The molecule has 3 amide bonds. The van der Waals surface area contributed by atoms with Gasteiger partial charge in [-0.25, -0.2) is 5.48 Å². The number of hydroxylamine groups is 3. The van der Waals surface area contributed by atoms with E-state index in [1.165, 1.54) is 79.9 Å². The highest BCUT2D eigenvalue weighted by molar-refractivity contribution is 5.92. The van der Waals surface area contributed by atoms with Crippen molar-refractivity contribution in [1.29, 1.82) is 0 Å². The van der Waals surface area contributed by atoms with Crippen LogP contribution in [-0.2, 0) is 38.4 Å². The van der Waals surface area contributed by atoms with Gasteiger partial charge in [0.2, 0.25) is 11.8 Å². The van der Waals surface area contributed by atoms with Crippen molar-refractivity contribution < 1.29 is 38.4 Å². The fraction of sp³-hybridized carbons (Fsp3) is 0.808. The maximum Gasteiger partial charge on any atom is 0.310 e. The van der Waals surface area contributed by atoms with E-state index in [2.05, 4.69) is 28.9 Å². The van der Waals surface area contributed by atoms with Crippen molar-refractivity contribution in [2.75, 3.05) is 14.2 Å². The molecule has 0 aliphatic rings. The van der Waals surface area contributed by atoms with Crippen LogP contribution in [0.25, 0.3) is 0 Å². The number of imide groups is 1. The molecule has 10 nitrogen and oxygen atoms in total. The molecule has 0 aliphatic carbocycles. The van der Waals surface area contributed by atoms with Crippen LogP contribution in [0.15, 0.2) is 0 Å². The van der Waals surface area contributed by atoms with Crippen molar-refractivity contribution in [3.8, 4) is 0 Å². The molecule has 0 atom stereocenters. The van der Waals surface area contributed by atoms with Gasteiger partial charge >= 0.3 is 11.9 Å². The number of rotatable bonds is 16. The Balaban J connectivity index is -0.000000488. The first-order chi connectivity index (χ1) is 17.1. The molecule has 0 radical (unpaired) electrons. The van der Waals surface area contributed by atoms with Crippen LogP contribution in [0.2, 0.25) is 0 Å². The molecule has 0 aromatic heterocycles. The van der Waals surface area contributed by atoms with E-state index in [9.17, 15) is 24.0 Å². The summed E-state index contributed by atoms with van der Waals surface area (Å²) in [6.45, 7) is 8.06. The Kier molecular flexibility index (Phi) is 30.7. The van der Waals surface area contributed by atoms with Gasteiger partial charge in [0.1, 0.15) is 0 Å². The Morgan fingerprint density at radius 1 is 0.639 bits per heavy atom. The highest BCUT2D eigenvalue weighted by atomic mass is 16.7. The van der Waals surface area contributed by atoms with Gasteiger partial charge in [0, 0.05) is 33.6 Å². The quantitative estimate of drug-likeness (QED) is 0.128. The van der Waals surface area contributed by atoms with Crippen LogP contribution in [0.3, 0.4) is 0 Å². The van der Waals surface area contributed by atoms with Crippen LogP contribution >= 0.6 is 0 Å². The van der Waals surface area contributed by atoms with E-state index >= 15 is 0 Å². The summed E-state index contributed by atoms with van der Waals surface area (Å²) in [5.74, 6) is -1.75. The predicted molar refractivity (Wildman–Crippen MR) is 138 cm³/mol. The highest BCUT2D eigenvalue weighted by Gasteiger charge is 2.16. The number of nitrogens with one attached hydrogen (secondary N) is 1. The number of ether oxygens (including phenoxy) is 1. The second kappa shape index (κ2) is 28.9. The Labute approximate surface area is 217 Å². The van der Waals surface area contributed by atoms with Crippen molar-refractivity contribution in [2.24, 2.45) is 0 Å². The van der Waals surface area contributed by atoms with Crippen molar-refractivity contribution in [2.45, 2.75) is 125 Å². The second-order valence-corrected chi connectivity index (χ2v) is 8.24. The third kappa shape index (κ3) is 31.7. The summed E-state index contributed by atoms with van der Waals surface area (Å²) in [6, 6.07) is 0. The smallest absolute Gasteiger partial charge is 0.310 e. The summed E-state index contributed by atoms with van der Waals surface area (Å²) in [4.78, 5) is 62.2. The zero-order valence-corrected chi connectivity index (χ0v) is 23.6. The first-order valence-corrected chi connectivity index (χ1v) is 13.0. The summed E-state index contributed by atoms with van der Waals surface area (Å²) in [5, 5.41) is 0.825. The van der Waals surface area contributed by atoms with E-state index in [0.717, 1.165) is 37.2 Å². The lowest BCUT2D eigenvalue weighted by molar-refractivity contribution is -0.185. The van der Waals surface area contributed by atoms with E-state index in [0.29, 0.717) is 12.8 Å². The molecule has 0 rings (SSSR count). The normalized spacial score (nSPS) is 9.64. The molecule has 0 spiro atoms. The fourth-order valence-electron chi connectivity index (χ4n) is 3.00. The Bertz CT molecular complexity index is 584. The second-order valence-electron chi connectivity index (χ2n) is 8.24. The maximum absolute atomic E-state index is 11.5. The fourth-order valence-corrected chi connectivity index (χ4v) is 3.00. The Morgan fingerprint density at radius 2 is 1.06 bits per heavy atom. The van der Waals surface area contributed by atoms with Crippen molar-refractivity contribution in [1.82, 2.24) is 10.5 Å². The van der Waals surface area contributed by atoms with Crippen LogP contribution in [-0.4, -0.2) is 48.9 Å². The lowest BCUT2D eigenvalue weighted by atomic mass is 10.1. The van der Waals surface area contributed by atoms with Crippen LogP contribution < -0.4 is 5.48 Å². The molecule has 0 aromatic rings. The Hall–Kier alpha value is -2.33. The molecule has 0 saturated heterocycles. The molecule has 0 bridgehead atoms. The van der Waals surface area contributed by atoms with Crippen molar-refractivity contribution >= 4 is 29.7 Å². The van der Waals surface area contributed by atoms with E-state index in [4.69, 9.17) is 4.84 Å². The first-order valence-electron chi connectivity index (χ1n) is 13.0. The summed E-state index contributed by atoms with van der Waals surface area (Å²) < 4.78 is 3.97. The zero-order valence-electron chi connectivity index (χ0n) is 23.6. The largest absolute Gasteiger partial charge is 0.394 e. The van der Waals surface area contributed by atoms with E-state index in [1.807, 2.05) is 0 Å². The molecule has 0 aromatic carbocycles. The average molecular weight is 519 g/mol. The summed E-state index contributed by atoms with van der Waals surface area (Å²) in [7, 11) is 2.79. The molecule has 0 fully saturated rings. The van der Waals surface area contributed by atoms with Crippen LogP contribution in [0.4, 0.5) is 0 Å². The molecule has 36 heavy (non-hydrogen) atoms. The van der Waals surface area contributed by atoms with Gasteiger partial charge in [0.25, 0.3) is 5.91 Å². The molecular weight excluding hydrogens is 468 g/mol. The minimum absolute atomic E-state index is 0.0157. The predicted octanol–water partition coefficient (Wildman–Crippen LogP) is 5.18. The van der Waals surface area contributed by atoms with Crippen LogP contribution in [0.5, 0.6) is 0 Å². The number of carbonyl (C=O) groups is 5. The standard InChI is InChI=1S/C12H23NO3.C10H21NO2.C4H6O3/c1-4-5-6-7-8-9-10-12(15)13(16-3)11(2)14;1-3-4-5-6-7-8-9-10(12)11-13-2;1-3(5)7-4(2)6/h4-10H2,1-3H3;3-9H2,1-2H3,(H,11,12);1-2H3. The monoisotopic (exact) mass is 518 g/mol. The summed E-state index contributed by atoms with van der Waals surface area (Å²) in [6.07, 6.45) is 14.9. The maximum atomic E-state index is 11.5. The van der Waals surface area contributed by atoms with Crippen molar-refractivity contribution in [3.05, 3.63) is 0 Å². The number of unbranched alkanes of at least 4 members (excludes halogenated alkanes) is 10. The molecule has 212 valence electrons. The number of hydrogen-bond donors (Lipinski definition) is 1. The van der Waals surface area contributed by atoms with Gasteiger partial charge in [-0.05, 0) is 12.8 Å². The van der Waals surface area contributed by atoms with Gasteiger partial charge in [0.15, 0.2) is 0 Å². The van der Waals surface area contributed by atoms with Gasteiger partial charge < -0.3 is 4.74 Å². The van der Waals surface area contributed by atoms with Gasteiger partial charge in [-0.2, -0.15) is 5.06 Å². The molecule has 0 saturated carbocycles. The van der Waals surface area contributed by atoms with Crippen LogP contribution in [0, 0.1) is 0 Å². The third-order valence-electron chi connectivity index (χ3n) is 4.70. The van der Waals surface area contributed by atoms with Gasteiger partial charge in [-0.3, -0.25) is 33.6 Å². The topological polar surface area (TPSA) is 128 Å². The first kappa shape index (κ1) is 38.2. The van der Waals surface area contributed by atoms with Gasteiger partial charge in [0.05, 0.1) is 14.2 Å². The highest BCUT2D eigenvalue weighted by Crippen LogP contribution is 2.09. The number of nitrogens with zero attached hydrogens (tertiary/aromatic N) is 1. The number of amides is 3. The molecule has 0 aliphatic heterocycles. The van der Waals surface area contributed by atoms with Crippen molar-refractivity contribution in [3.63, 3.8) is 0 Å². The van der Waals surface area contributed by atoms with Gasteiger partial charge in [-0.15, -0.1) is 0 Å². The molecular formula is C26H50N2O8. The minimum atomic E-state index is -0.562. The van der Waals surface area contributed by atoms with E-state index < -0.39 is 11.9 Å². The Morgan fingerprint density at radius 3 is 1.39 bits per heavy atom. The molecule has 0 unspecified atom stereocenters. The molecule has 10 heteroatoms. The summed E-state index contributed by atoms with van der Waals surface area (Å²) >= 11 is 0. The number of esters is 2. The van der Waals surface area contributed by atoms with E-state index in [-0.39, 0.29) is 17.7 Å². The SMILES string of the molecule is CC(=O)OC(C)=O.CCCCCCCCC(=O)N(OC)C(C)=O.CCCCCCCCC(=O)NOC. The van der Waals surface area contributed by atoms with Gasteiger partial charge in [-0.1, -0.05) is 78.1 Å². The molecule has 1 N–H and O–H groups in total. The van der Waals surface area contributed by atoms with Crippen LogP contribution in [0.1, 0.15) is 125 Å². The average Bonchev–Trinajstić information content (AvgIpc) is 2.79. The lowest BCUT2D eigenvalue weighted by Crippen LogP contribution is -2.33. The van der Waals surface area contributed by atoms with E-state index in [1.54, 1.807) is 0 Å². The molecule has 0 heterocycles. The lowest BCUT2D eigenvalue weighted by Gasteiger charge is -2.15.